The van der Waals surface area contributed by atoms with Crippen LogP contribution in [0, 0.1) is 11.8 Å². The van der Waals surface area contributed by atoms with Gasteiger partial charge in [-0.05, 0) is 31.6 Å². The van der Waals surface area contributed by atoms with Crippen LogP contribution in [-0.2, 0) is 0 Å². The molecule has 0 radical (unpaired) electrons. The van der Waals surface area contributed by atoms with Gasteiger partial charge in [-0.1, -0.05) is 18.6 Å². The summed E-state index contributed by atoms with van der Waals surface area (Å²) in [6, 6.07) is 0. The van der Waals surface area contributed by atoms with Crippen molar-refractivity contribution in [2.75, 3.05) is 6.61 Å². The highest BCUT2D eigenvalue weighted by Gasteiger charge is 2.19. The Balaban J connectivity index is 2.53. The molecule has 1 nitrogen and oxygen atoms in total. The lowest BCUT2D eigenvalue weighted by molar-refractivity contribution is 0.176. The molecule has 10 heavy (non-hydrogen) atoms. The molecule has 1 aliphatic rings. The Bertz CT molecular complexity index is 138. The molecule has 1 rings (SSSR count). The van der Waals surface area contributed by atoms with Crippen molar-refractivity contribution >= 4 is 0 Å². The molecule has 2 unspecified atom stereocenters. The normalized spacial score (nSPS) is 33.7. The Kier molecular flexibility index (Phi) is 2.50. The third-order valence-electron chi connectivity index (χ3n) is 2.46. The molecule has 0 bridgehead atoms. The molecule has 0 saturated carbocycles. The zero-order valence-corrected chi connectivity index (χ0v) is 6.80. The number of hydrogen-bond acceptors (Lipinski definition) is 1. The third kappa shape index (κ3) is 1.60. The highest BCUT2D eigenvalue weighted by molar-refractivity contribution is 5.04. The van der Waals surface area contributed by atoms with E-state index >= 15 is 0 Å². The number of rotatable bonds is 1. The minimum absolute atomic E-state index is 0.354. The number of hydrogen-bond donors (Lipinski definition) is 1. The van der Waals surface area contributed by atoms with Gasteiger partial charge in [0.1, 0.15) is 0 Å². The molecular formula is C9H16O. The summed E-state index contributed by atoms with van der Waals surface area (Å²) in [4.78, 5) is 0. The summed E-state index contributed by atoms with van der Waals surface area (Å²) >= 11 is 0. The summed E-state index contributed by atoms with van der Waals surface area (Å²) in [6.07, 6.45) is 4.53. The summed E-state index contributed by atoms with van der Waals surface area (Å²) in [7, 11) is 0. The van der Waals surface area contributed by atoms with Crippen molar-refractivity contribution in [3.8, 4) is 0 Å². The highest BCUT2D eigenvalue weighted by atomic mass is 16.3. The molecule has 1 heteroatoms. The van der Waals surface area contributed by atoms with Crippen LogP contribution in [0.1, 0.15) is 26.7 Å². The number of aliphatic hydroxyl groups is 1. The predicted molar refractivity (Wildman–Crippen MR) is 42.7 cm³/mol. The summed E-state index contributed by atoms with van der Waals surface area (Å²) in [5, 5.41) is 8.95. The van der Waals surface area contributed by atoms with Gasteiger partial charge < -0.3 is 5.11 Å². The largest absolute Gasteiger partial charge is 0.396 e. The van der Waals surface area contributed by atoms with E-state index in [1.54, 1.807) is 0 Å². The van der Waals surface area contributed by atoms with E-state index in [4.69, 9.17) is 5.11 Å². The molecule has 0 fully saturated rings. The van der Waals surface area contributed by atoms with Crippen molar-refractivity contribution in [1.82, 2.24) is 0 Å². The first-order chi connectivity index (χ1) is 4.74. The summed E-state index contributed by atoms with van der Waals surface area (Å²) < 4.78 is 0. The lowest BCUT2D eigenvalue weighted by Crippen LogP contribution is -2.19. The molecule has 0 aromatic carbocycles. The van der Waals surface area contributed by atoms with Gasteiger partial charge in [-0.3, -0.25) is 0 Å². The van der Waals surface area contributed by atoms with E-state index in [0.717, 1.165) is 12.8 Å². The van der Waals surface area contributed by atoms with E-state index in [9.17, 15) is 0 Å². The van der Waals surface area contributed by atoms with E-state index in [1.165, 1.54) is 5.57 Å². The SMILES string of the molecule is CC1=CCC(C)C(CO)C1. The maximum Gasteiger partial charge on any atom is 0.0464 e. The molecule has 0 saturated heterocycles. The maximum atomic E-state index is 8.95. The van der Waals surface area contributed by atoms with E-state index in [0.29, 0.717) is 18.4 Å². The lowest BCUT2D eigenvalue weighted by Gasteiger charge is -2.25. The van der Waals surface area contributed by atoms with Crippen LogP contribution in [0.5, 0.6) is 0 Å². The fourth-order valence-corrected chi connectivity index (χ4v) is 1.52. The number of aliphatic hydroxyl groups excluding tert-OH is 1. The minimum Gasteiger partial charge on any atom is -0.396 e. The highest BCUT2D eigenvalue weighted by Crippen LogP contribution is 2.28. The van der Waals surface area contributed by atoms with Crippen LogP contribution in [0.15, 0.2) is 11.6 Å². The molecule has 58 valence electrons. The molecular weight excluding hydrogens is 124 g/mol. The molecule has 0 heterocycles. The van der Waals surface area contributed by atoms with Crippen LogP contribution in [0.3, 0.4) is 0 Å². The van der Waals surface area contributed by atoms with E-state index in [-0.39, 0.29) is 0 Å². The number of allylic oxidation sites excluding steroid dienone is 2. The van der Waals surface area contributed by atoms with Crippen LogP contribution in [-0.4, -0.2) is 11.7 Å². The fourth-order valence-electron chi connectivity index (χ4n) is 1.52. The molecule has 0 amide bonds. The van der Waals surface area contributed by atoms with E-state index in [1.807, 2.05) is 0 Å². The van der Waals surface area contributed by atoms with Crippen molar-refractivity contribution < 1.29 is 5.11 Å². The second kappa shape index (κ2) is 3.20. The van der Waals surface area contributed by atoms with Crippen molar-refractivity contribution in [2.24, 2.45) is 11.8 Å². The fraction of sp³-hybridized carbons (Fsp3) is 0.778. The average Bonchev–Trinajstić information content (AvgIpc) is 1.94. The Morgan fingerprint density at radius 3 is 2.90 bits per heavy atom. The van der Waals surface area contributed by atoms with Gasteiger partial charge in [-0.25, -0.2) is 0 Å². The first-order valence-corrected chi connectivity index (χ1v) is 4.00. The van der Waals surface area contributed by atoms with Crippen molar-refractivity contribution in [3.05, 3.63) is 11.6 Å². The monoisotopic (exact) mass is 140 g/mol. The Labute approximate surface area is 62.8 Å². The molecule has 0 aromatic heterocycles. The van der Waals surface area contributed by atoms with Crippen LogP contribution in [0.25, 0.3) is 0 Å². The van der Waals surface area contributed by atoms with Gasteiger partial charge in [-0.2, -0.15) is 0 Å². The second-order valence-electron chi connectivity index (χ2n) is 3.41. The molecule has 0 spiro atoms. The summed E-state index contributed by atoms with van der Waals surface area (Å²) in [6.45, 7) is 4.71. The van der Waals surface area contributed by atoms with E-state index in [2.05, 4.69) is 19.9 Å². The van der Waals surface area contributed by atoms with Gasteiger partial charge in [0.2, 0.25) is 0 Å². The Morgan fingerprint density at radius 2 is 2.40 bits per heavy atom. The standard InChI is InChI=1S/C9H16O/c1-7-3-4-8(2)9(5-7)6-10/h3,8-10H,4-6H2,1-2H3. The molecule has 1 aliphatic carbocycles. The van der Waals surface area contributed by atoms with Crippen molar-refractivity contribution in [1.29, 1.82) is 0 Å². The zero-order valence-electron chi connectivity index (χ0n) is 6.80. The van der Waals surface area contributed by atoms with Gasteiger partial charge in [0, 0.05) is 6.61 Å². The Hall–Kier alpha value is -0.300. The first kappa shape index (κ1) is 7.80. The van der Waals surface area contributed by atoms with Gasteiger partial charge in [-0.15, -0.1) is 0 Å². The average molecular weight is 140 g/mol. The van der Waals surface area contributed by atoms with Gasteiger partial charge in [0.05, 0.1) is 0 Å². The smallest absolute Gasteiger partial charge is 0.0464 e. The predicted octanol–water partition coefficient (Wildman–Crippen LogP) is 1.97. The van der Waals surface area contributed by atoms with Crippen molar-refractivity contribution in [2.45, 2.75) is 26.7 Å². The minimum atomic E-state index is 0.354. The van der Waals surface area contributed by atoms with Gasteiger partial charge in [0.25, 0.3) is 0 Å². The summed E-state index contributed by atoms with van der Waals surface area (Å²) in [5.74, 6) is 1.19. The van der Waals surface area contributed by atoms with E-state index < -0.39 is 0 Å². The first-order valence-electron chi connectivity index (χ1n) is 4.00. The van der Waals surface area contributed by atoms with Crippen LogP contribution in [0.4, 0.5) is 0 Å². The molecule has 0 aromatic rings. The third-order valence-corrected chi connectivity index (χ3v) is 2.46. The molecule has 2 atom stereocenters. The maximum absolute atomic E-state index is 8.95. The Morgan fingerprint density at radius 1 is 1.70 bits per heavy atom. The second-order valence-corrected chi connectivity index (χ2v) is 3.41. The summed E-state index contributed by atoms with van der Waals surface area (Å²) in [5.41, 5.74) is 1.44. The van der Waals surface area contributed by atoms with Gasteiger partial charge >= 0.3 is 0 Å². The zero-order chi connectivity index (χ0) is 7.56. The van der Waals surface area contributed by atoms with Crippen LogP contribution in [0.2, 0.25) is 0 Å². The molecule has 0 aliphatic heterocycles. The topological polar surface area (TPSA) is 20.2 Å². The van der Waals surface area contributed by atoms with Crippen LogP contribution >= 0.6 is 0 Å². The quantitative estimate of drug-likeness (QED) is 0.552. The molecule has 1 N–H and O–H groups in total. The lowest BCUT2D eigenvalue weighted by atomic mass is 9.82. The van der Waals surface area contributed by atoms with Crippen LogP contribution < -0.4 is 0 Å². The van der Waals surface area contributed by atoms with Crippen molar-refractivity contribution in [3.63, 3.8) is 0 Å². The van der Waals surface area contributed by atoms with Gasteiger partial charge in [0.15, 0.2) is 0 Å².